The Morgan fingerprint density at radius 1 is 0.974 bits per heavy atom. The molecule has 4 aromatic rings. The highest BCUT2D eigenvalue weighted by atomic mass is 35.5. The van der Waals surface area contributed by atoms with Gasteiger partial charge in [0.25, 0.3) is 5.91 Å². The Kier molecular flexibility index (Phi) is 8.72. The number of likely N-dealkylation sites (tertiary alicyclic amines) is 1. The van der Waals surface area contributed by atoms with Crippen LogP contribution in [-0.4, -0.2) is 84.4 Å². The van der Waals surface area contributed by atoms with Crippen LogP contribution in [0.15, 0.2) is 66.7 Å². The second-order valence-electron chi connectivity index (χ2n) is 10.5. The summed E-state index contributed by atoms with van der Waals surface area (Å²) < 4.78 is 11.4. The minimum atomic E-state index is -0.587. The van der Waals surface area contributed by atoms with Crippen molar-refractivity contribution in [3.8, 4) is 5.75 Å². The van der Waals surface area contributed by atoms with E-state index < -0.39 is 6.10 Å². The molecule has 1 amide bonds. The molecule has 1 unspecified atom stereocenters. The lowest BCUT2D eigenvalue weighted by molar-refractivity contribution is 0.0299. The number of aliphatic hydroxyl groups is 1. The molecule has 6 rings (SSSR count). The zero-order chi connectivity index (χ0) is 25.9. The van der Waals surface area contributed by atoms with Crippen molar-refractivity contribution in [2.75, 3.05) is 52.5 Å². The van der Waals surface area contributed by atoms with Gasteiger partial charge < -0.3 is 29.4 Å². The number of aliphatic hydroxyl groups excluding tert-OH is 1. The fraction of sp³-hybridized carbons (Fsp3) is 0.387. The Labute approximate surface area is 235 Å². The molecule has 8 heteroatoms. The van der Waals surface area contributed by atoms with Gasteiger partial charge in [-0.3, -0.25) is 4.79 Å². The van der Waals surface area contributed by atoms with Gasteiger partial charge in [0.2, 0.25) is 0 Å². The number of nitrogens with zero attached hydrogens (tertiary/aromatic N) is 2. The Balaban J connectivity index is 0.00000308. The first-order valence-corrected chi connectivity index (χ1v) is 13.6. The van der Waals surface area contributed by atoms with Gasteiger partial charge in [0.1, 0.15) is 24.2 Å². The van der Waals surface area contributed by atoms with Crippen LogP contribution >= 0.6 is 12.4 Å². The van der Waals surface area contributed by atoms with Crippen molar-refractivity contribution in [1.82, 2.24) is 14.8 Å². The lowest BCUT2D eigenvalue weighted by atomic mass is 9.88. The topological polar surface area (TPSA) is 78.0 Å². The van der Waals surface area contributed by atoms with Crippen molar-refractivity contribution in [2.24, 2.45) is 0 Å². The molecule has 2 aliphatic rings. The van der Waals surface area contributed by atoms with E-state index in [0.717, 1.165) is 36.8 Å². The van der Waals surface area contributed by atoms with Crippen molar-refractivity contribution in [3.63, 3.8) is 0 Å². The number of ether oxygens (including phenoxy) is 2. The van der Waals surface area contributed by atoms with Crippen molar-refractivity contribution in [3.05, 3.63) is 78.0 Å². The fourth-order valence-corrected chi connectivity index (χ4v) is 5.75. The lowest BCUT2D eigenvalue weighted by Crippen LogP contribution is -2.40. The van der Waals surface area contributed by atoms with E-state index >= 15 is 0 Å². The number of piperidine rings is 1. The number of carbonyl (C=O) groups is 1. The Hall–Kier alpha value is -3.10. The largest absolute Gasteiger partial charge is 0.490 e. The molecule has 0 radical (unpaired) electrons. The Bertz CT molecular complexity index is 1410. The van der Waals surface area contributed by atoms with Gasteiger partial charge in [0.05, 0.1) is 13.2 Å². The fourth-order valence-electron chi connectivity index (χ4n) is 5.75. The Morgan fingerprint density at radius 2 is 1.74 bits per heavy atom. The van der Waals surface area contributed by atoms with Crippen LogP contribution in [0.5, 0.6) is 5.75 Å². The lowest BCUT2D eigenvalue weighted by Gasteiger charge is -2.33. The molecule has 7 nitrogen and oxygen atoms in total. The van der Waals surface area contributed by atoms with Crippen LogP contribution in [0.4, 0.5) is 0 Å². The summed E-state index contributed by atoms with van der Waals surface area (Å²) in [5.74, 6) is 1.21. The maximum Gasteiger partial charge on any atom is 0.270 e. The standard InChI is InChI=1S/C31H35N3O4.ClH/c35-26(20-33-12-10-23(11-13-33)25-9-8-22-4-1-2-5-24(22)18-25)21-38-30-7-3-6-28-27(30)19-29(32-28)31(36)34-14-16-37-17-15-34;/h1-9,18-19,23,26,32,35H,10-17,20-21H2;1H. The quantitative estimate of drug-likeness (QED) is 0.345. The van der Waals surface area contributed by atoms with Crippen LogP contribution < -0.4 is 4.74 Å². The minimum Gasteiger partial charge on any atom is -0.490 e. The number of nitrogens with one attached hydrogen (secondary N) is 1. The number of rotatable bonds is 7. The normalized spacial score (nSPS) is 17.7. The Morgan fingerprint density at radius 3 is 2.54 bits per heavy atom. The van der Waals surface area contributed by atoms with E-state index in [1.165, 1.54) is 16.3 Å². The van der Waals surface area contributed by atoms with Crippen LogP contribution in [0.2, 0.25) is 0 Å². The molecule has 2 fully saturated rings. The van der Waals surface area contributed by atoms with E-state index in [2.05, 4.69) is 52.3 Å². The number of β-amino-alcohol motifs (C(OH)–C–C–N with tert-alkyl or cyclic N) is 1. The molecular formula is C31H36ClN3O4. The second-order valence-corrected chi connectivity index (χ2v) is 10.5. The van der Waals surface area contributed by atoms with E-state index in [4.69, 9.17) is 9.47 Å². The van der Waals surface area contributed by atoms with Gasteiger partial charge in [-0.1, -0.05) is 48.5 Å². The van der Waals surface area contributed by atoms with Gasteiger partial charge in [-0.25, -0.2) is 0 Å². The summed E-state index contributed by atoms with van der Waals surface area (Å²) in [5, 5.41) is 14.2. The molecule has 1 aromatic heterocycles. The average molecular weight is 550 g/mol. The average Bonchev–Trinajstić information content (AvgIpc) is 3.41. The first kappa shape index (κ1) is 27.5. The monoisotopic (exact) mass is 549 g/mol. The summed E-state index contributed by atoms with van der Waals surface area (Å²) in [6.07, 6.45) is 1.60. The number of benzene rings is 3. The van der Waals surface area contributed by atoms with E-state index in [1.54, 1.807) is 0 Å². The predicted octanol–water partition coefficient (Wildman–Crippen LogP) is 4.83. The molecule has 1 atom stereocenters. The number of hydrogen-bond acceptors (Lipinski definition) is 5. The number of amides is 1. The summed E-state index contributed by atoms with van der Waals surface area (Å²) in [4.78, 5) is 20.3. The van der Waals surface area contributed by atoms with Crippen LogP contribution in [0.1, 0.15) is 34.8 Å². The molecule has 0 spiro atoms. The third-order valence-corrected chi connectivity index (χ3v) is 7.89. The maximum absolute atomic E-state index is 12.9. The van der Waals surface area contributed by atoms with Crippen molar-refractivity contribution >= 4 is 40.0 Å². The van der Waals surface area contributed by atoms with E-state index in [9.17, 15) is 9.90 Å². The third kappa shape index (κ3) is 6.23. The predicted molar refractivity (Wildman–Crippen MR) is 156 cm³/mol. The highest BCUT2D eigenvalue weighted by molar-refractivity contribution is 5.99. The zero-order valence-corrected chi connectivity index (χ0v) is 22.9. The first-order valence-electron chi connectivity index (χ1n) is 13.6. The number of fused-ring (bicyclic) bond motifs is 2. The second kappa shape index (κ2) is 12.4. The highest BCUT2D eigenvalue weighted by Crippen LogP contribution is 2.31. The van der Waals surface area contributed by atoms with E-state index in [-0.39, 0.29) is 24.9 Å². The van der Waals surface area contributed by atoms with Crippen molar-refractivity contribution in [1.29, 1.82) is 0 Å². The third-order valence-electron chi connectivity index (χ3n) is 7.89. The smallest absolute Gasteiger partial charge is 0.270 e. The first-order chi connectivity index (χ1) is 18.6. The molecule has 3 heterocycles. The molecule has 0 bridgehead atoms. The van der Waals surface area contributed by atoms with Crippen LogP contribution in [0.3, 0.4) is 0 Å². The number of aromatic amines is 1. The highest BCUT2D eigenvalue weighted by Gasteiger charge is 2.24. The van der Waals surface area contributed by atoms with Crippen molar-refractivity contribution < 1.29 is 19.4 Å². The number of H-pyrrole nitrogens is 1. The molecule has 0 aliphatic carbocycles. The summed E-state index contributed by atoms with van der Waals surface area (Å²) in [5.41, 5.74) is 2.82. The molecule has 2 aliphatic heterocycles. The number of aromatic nitrogens is 1. The summed E-state index contributed by atoms with van der Waals surface area (Å²) in [7, 11) is 0. The van der Waals surface area contributed by atoms with Gasteiger partial charge in [-0.15, -0.1) is 12.4 Å². The van der Waals surface area contributed by atoms with Crippen molar-refractivity contribution in [2.45, 2.75) is 24.9 Å². The molecule has 39 heavy (non-hydrogen) atoms. The zero-order valence-electron chi connectivity index (χ0n) is 22.1. The molecular weight excluding hydrogens is 514 g/mol. The molecule has 206 valence electrons. The van der Waals surface area contributed by atoms with Gasteiger partial charge in [-0.2, -0.15) is 0 Å². The number of hydrogen-bond donors (Lipinski definition) is 2. The van der Waals surface area contributed by atoms with Gasteiger partial charge in [0.15, 0.2) is 0 Å². The van der Waals surface area contributed by atoms with E-state index in [0.29, 0.717) is 50.2 Å². The van der Waals surface area contributed by atoms with E-state index in [1.807, 2.05) is 29.2 Å². The molecule has 2 N–H and O–H groups in total. The van der Waals surface area contributed by atoms with Crippen LogP contribution in [0, 0.1) is 0 Å². The summed E-state index contributed by atoms with van der Waals surface area (Å²) in [6.45, 7) is 5.07. The number of carbonyl (C=O) groups excluding carboxylic acids is 1. The summed E-state index contributed by atoms with van der Waals surface area (Å²) >= 11 is 0. The molecule has 2 saturated heterocycles. The SMILES string of the molecule is Cl.O=C(c1cc2c(OCC(O)CN3CCC(c4ccc5ccccc5c4)CC3)cccc2[nH]1)N1CCOCC1. The van der Waals surface area contributed by atoms with Crippen LogP contribution in [-0.2, 0) is 4.74 Å². The molecule has 3 aromatic carbocycles. The van der Waals surface area contributed by atoms with Crippen LogP contribution in [0.25, 0.3) is 21.7 Å². The van der Waals surface area contributed by atoms with Gasteiger partial charge in [0, 0.05) is 30.5 Å². The maximum atomic E-state index is 12.9. The van der Waals surface area contributed by atoms with Gasteiger partial charge >= 0.3 is 0 Å². The molecule has 0 saturated carbocycles. The number of halogens is 1. The van der Waals surface area contributed by atoms with Gasteiger partial charge in [-0.05, 0) is 66.4 Å². The minimum absolute atomic E-state index is 0. The number of morpholine rings is 1. The summed E-state index contributed by atoms with van der Waals surface area (Å²) in [6, 6.07) is 22.9.